The van der Waals surface area contributed by atoms with E-state index in [1.807, 2.05) is 0 Å². The van der Waals surface area contributed by atoms with Gasteiger partial charge in [-0.3, -0.25) is 10.1 Å². The fraction of sp³-hybridized carbons (Fsp3) is 0.200. The van der Waals surface area contributed by atoms with E-state index in [1.54, 1.807) is 25.1 Å². The summed E-state index contributed by atoms with van der Waals surface area (Å²) in [5, 5.41) is 11.0. The molecule has 2 aromatic rings. The van der Waals surface area contributed by atoms with Gasteiger partial charge in [0.15, 0.2) is 0 Å². The molecule has 21 heavy (non-hydrogen) atoms. The summed E-state index contributed by atoms with van der Waals surface area (Å²) in [6.45, 7) is 1.54. The number of rotatable bonds is 4. The molecule has 0 aliphatic rings. The van der Waals surface area contributed by atoms with Crippen LogP contribution in [0.1, 0.15) is 21.5 Å². The van der Waals surface area contributed by atoms with Crippen LogP contribution in [0.3, 0.4) is 0 Å². The maximum Gasteiger partial charge on any atom is 0.272 e. The smallest absolute Gasteiger partial charge is 0.258 e. The lowest BCUT2D eigenvalue weighted by Gasteiger charge is -2.13. The molecule has 0 aliphatic heterocycles. The third kappa shape index (κ3) is 3.44. The SMILES string of the molecule is Cc1cc(C(Br)Cc2ccccc2[N+](=O)[O-])c(F)cc1F. The van der Waals surface area contributed by atoms with Crippen LogP contribution in [0.4, 0.5) is 14.5 Å². The maximum absolute atomic E-state index is 13.8. The molecule has 2 aromatic carbocycles. The number of benzene rings is 2. The average molecular weight is 356 g/mol. The highest BCUT2D eigenvalue weighted by atomic mass is 79.9. The van der Waals surface area contributed by atoms with Crippen molar-refractivity contribution < 1.29 is 13.7 Å². The standard InChI is InChI=1S/C15H12BrF2NO2/c1-9-6-11(14(18)8-13(9)17)12(16)7-10-4-2-3-5-15(10)19(20)21/h2-6,8,12H,7H2,1H3. The highest BCUT2D eigenvalue weighted by Gasteiger charge is 2.20. The molecular weight excluding hydrogens is 344 g/mol. The first-order valence-electron chi connectivity index (χ1n) is 6.22. The molecule has 1 atom stereocenters. The number of aryl methyl sites for hydroxylation is 1. The number of nitro groups is 1. The molecule has 0 aliphatic carbocycles. The van der Waals surface area contributed by atoms with E-state index in [2.05, 4.69) is 15.9 Å². The van der Waals surface area contributed by atoms with Crippen LogP contribution in [0.15, 0.2) is 36.4 Å². The van der Waals surface area contributed by atoms with E-state index in [-0.39, 0.29) is 17.7 Å². The lowest BCUT2D eigenvalue weighted by atomic mass is 10.0. The van der Waals surface area contributed by atoms with Gasteiger partial charge in [0.05, 0.1) is 4.92 Å². The number of alkyl halides is 1. The van der Waals surface area contributed by atoms with E-state index >= 15 is 0 Å². The maximum atomic E-state index is 13.8. The van der Waals surface area contributed by atoms with E-state index in [9.17, 15) is 18.9 Å². The highest BCUT2D eigenvalue weighted by Crippen LogP contribution is 2.33. The Hall–Kier alpha value is -1.82. The second-order valence-corrected chi connectivity index (χ2v) is 5.79. The molecule has 6 heteroatoms. The summed E-state index contributed by atoms with van der Waals surface area (Å²) < 4.78 is 27.1. The van der Waals surface area contributed by atoms with Crippen LogP contribution in [0.5, 0.6) is 0 Å². The van der Waals surface area contributed by atoms with Crippen molar-refractivity contribution in [3.8, 4) is 0 Å². The Morgan fingerprint density at radius 2 is 1.90 bits per heavy atom. The summed E-state index contributed by atoms with van der Waals surface area (Å²) >= 11 is 3.33. The largest absolute Gasteiger partial charge is 0.272 e. The van der Waals surface area contributed by atoms with Crippen molar-refractivity contribution >= 4 is 21.6 Å². The van der Waals surface area contributed by atoms with Gasteiger partial charge in [0.2, 0.25) is 0 Å². The summed E-state index contributed by atoms with van der Waals surface area (Å²) in [7, 11) is 0. The summed E-state index contributed by atoms with van der Waals surface area (Å²) in [4.78, 5) is 10.0. The quantitative estimate of drug-likeness (QED) is 0.446. The predicted octanol–water partition coefficient (Wildman–Crippen LogP) is 4.86. The first-order valence-corrected chi connectivity index (χ1v) is 7.13. The number of hydrogen-bond acceptors (Lipinski definition) is 2. The second-order valence-electron chi connectivity index (χ2n) is 4.68. The van der Waals surface area contributed by atoms with Gasteiger partial charge in [0, 0.05) is 28.1 Å². The zero-order chi connectivity index (χ0) is 15.6. The minimum atomic E-state index is -0.668. The van der Waals surface area contributed by atoms with Gasteiger partial charge < -0.3 is 0 Å². The van der Waals surface area contributed by atoms with Crippen LogP contribution in [0, 0.1) is 28.7 Å². The van der Waals surface area contributed by atoms with Gasteiger partial charge in [-0.1, -0.05) is 34.1 Å². The Kier molecular flexibility index (Phi) is 4.67. The summed E-state index contributed by atoms with van der Waals surface area (Å²) in [6.07, 6.45) is 0.235. The van der Waals surface area contributed by atoms with Crippen molar-refractivity contribution in [1.29, 1.82) is 0 Å². The van der Waals surface area contributed by atoms with Crippen LogP contribution < -0.4 is 0 Å². The molecule has 0 saturated heterocycles. The molecule has 110 valence electrons. The Morgan fingerprint density at radius 1 is 1.24 bits per heavy atom. The number of hydrogen-bond donors (Lipinski definition) is 0. The second kappa shape index (κ2) is 6.30. The van der Waals surface area contributed by atoms with Gasteiger partial charge in [0.1, 0.15) is 11.6 Å². The number of para-hydroxylation sites is 1. The Balaban J connectivity index is 2.33. The fourth-order valence-electron chi connectivity index (χ4n) is 2.08. The van der Waals surface area contributed by atoms with Gasteiger partial charge >= 0.3 is 0 Å². The summed E-state index contributed by atoms with van der Waals surface area (Å²) in [6, 6.07) is 8.54. The third-order valence-electron chi connectivity index (χ3n) is 3.20. The summed E-state index contributed by atoms with van der Waals surface area (Å²) in [5.74, 6) is -1.28. The van der Waals surface area contributed by atoms with E-state index in [0.717, 1.165) is 6.07 Å². The molecule has 0 radical (unpaired) electrons. The molecule has 3 nitrogen and oxygen atoms in total. The Bertz CT molecular complexity index is 691. The van der Waals surface area contributed by atoms with Crippen molar-refractivity contribution in [1.82, 2.24) is 0 Å². The molecule has 0 N–H and O–H groups in total. The van der Waals surface area contributed by atoms with Crippen molar-refractivity contribution in [3.05, 3.63) is 74.8 Å². The van der Waals surface area contributed by atoms with Crippen LogP contribution in [0.25, 0.3) is 0 Å². The molecule has 1 unspecified atom stereocenters. The fourth-order valence-corrected chi connectivity index (χ4v) is 2.78. The zero-order valence-electron chi connectivity index (χ0n) is 11.1. The number of nitrogens with zero attached hydrogens (tertiary/aromatic N) is 1. The monoisotopic (exact) mass is 355 g/mol. The van der Waals surface area contributed by atoms with E-state index < -0.39 is 21.4 Å². The zero-order valence-corrected chi connectivity index (χ0v) is 12.7. The summed E-state index contributed by atoms with van der Waals surface area (Å²) in [5.41, 5.74) is 1.09. The first kappa shape index (κ1) is 15.6. The Labute approximate surface area is 128 Å². The van der Waals surface area contributed by atoms with E-state index in [4.69, 9.17) is 0 Å². The minimum Gasteiger partial charge on any atom is -0.258 e. The van der Waals surface area contributed by atoms with Crippen molar-refractivity contribution in [2.24, 2.45) is 0 Å². The molecule has 0 amide bonds. The van der Waals surface area contributed by atoms with Gasteiger partial charge in [0.25, 0.3) is 5.69 Å². The van der Waals surface area contributed by atoms with E-state index in [0.29, 0.717) is 11.1 Å². The van der Waals surface area contributed by atoms with Crippen molar-refractivity contribution in [2.45, 2.75) is 18.2 Å². The normalized spacial score (nSPS) is 12.2. The minimum absolute atomic E-state index is 0.0128. The molecule has 2 rings (SSSR count). The molecular formula is C15H12BrF2NO2. The van der Waals surface area contributed by atoms with Gasteiger partial charge in [-0.05, 0) is 25.0 Å². The predicted molar refractivity (Wildman–Crippen MR) is 79.6 cm³/mol. The van der Waals surface area contributed by atoms with Gasteiger partial charge in [-0.25, -0.2) is 8.78 Å². The molecule has 0 fully saturated rings. The highest BCUT2D eigenvalue weighted by molar-refractivity contribution is 9.09. The van der Waals surface area contributed by atoms with Crippen molar-refractivity contribution in [3.63, 3.8) is 0 Å². The average Bonchev–Trinajstić information content (AvgIpc) is 2.43. The topological polar surface area (TPSA) is 43.1 Å². The Morgan fingerprint density at radius 3 is 2.57 bits per heavy atom. The number of nitro benzene ring substituents is 1. The van der Waals surface area contributed by atoms with Gasteiger partial charge in [-0.2, -0.15) is 0 Å². The molecule has 0 saturated carbocycles. The molecule has 0 heterocycles. The first-order chi connectivity index (χ1) is 9.90. The van der Waals surface area contributed by atoms with Crippen molar-refractivity contribution in [2.75, 3.05) is 0 Å². The number of halogens is 3. The van der Waals surface area contributed by atoms with Crippen LogP contribution in [-0.2, 0) is 6.42 Å². The van der Waals surface area contributed by atoms with Gasteiger partial charge in [-0.15, -0.1) is 0 Å². The van der Waals surface area contributed by atoms with Crippen LogP contribution in [0.2, 0.25) is 0 Å². The molecule has 0 aromatic heterocycles. The molecule has 0 spiro atoms. The lowest BCUT2D eigenvalue weighted by Crippen LogP contribution is -2.03. The lowest BCUT2D eigenvalue weighted by molar-refractivity contribution is -0.385. The van der Waals surface area contributed by atoms with Crippen LogP contribution in [-0.4, -0.2) is 4.92 Å². The van der Waals surface area contributed by atoms with Crippen LogP contribution >= 0.6 is 15.9 Å². The third-order valence-corrected chi connectivity index (χ3v) is 4.02. The van der Waals surface area contributed by atoms with E-state index in [1.165, 1.54) is 12.1 Å². The molecule has 0 bridgehead atoms.